The minimum atomic E-state index is -0.673. The second-order valence-corrected chi connectivity index (χ2v) is 6.64. The van der Waals surface area contributed by atoms with Gasteiger partial charge in [0.2, 0.25) is 0 Å². The summed E-state index contributed by atoms with van der Waals surface area (Å²) < 4.78 is 1.45. The molecule has 0 saturated carbocycles. The van der Waals surface area contributed by atoms with Crippen molar-refractivity contribution >= 4 is 5.65 Å². The van der Waals surface area contributed by atoms with Crippen LogP contribution in [-0.2, 0) is 6.54 Å². The topological polar surface area (TPSA) is 76.9 Å². The van der Waals surface area contributed by atoms with Crippen molar-refractivity contribution in [3.05, 3.63) is 33.9 Å². The van der Waals surface area contributed by atoms with E-state index in [9.17, 15) is 9.90 Å². The van der Waals surface area contributed by atoms with Crippen LogP contribution in [0.4, 0.5) is 0 Å². The molecule has 1 aliphatic rings. The van der Waals surface area contributed by atoms with Crippen molar-refractivity contribution in [2.45, 2.75) is 25.5 Å². The molecular formula is C15H23N5O2. The normalized spacial score (nSPS) is 23.0. The minimum Gasteiger partial charge on any atom is -0.387 e. The number of fused-ring (bicyclic) bond motifs is 1. The molecule has 2 aromatic heterocycles. The highest BCUT2D eigenvalue weighted by atomic mass is 16.3. The van der Waals surface area contributed by atoms with Gasteiger partial charge in [-0.2, -0.15) is 0 Å². The fraction of sp³-hybridized carbons (Fsp3) is 0.600. The molecule has 0 amide bonds. The SMILES string of the molecule is Cc1cc2nc(CN3CCC(O)(CN(C)C)C3)cc(=O)n2[nH]1. The van der Waals surface area contributed by atoms with E-state index in [1.54, 1.807) is 6.07 Å². The molecule has 1 fully saturated rings. The lowest BCUT2D eigenvalue weighted by atomic mass is 10.0. The zero-order valence-electron chi connectivity index (χ0n) is 13.3. The van der Waals surface area contributed by atoms with Gasteiger partial charge in [-0.3, -0.25) is 14.8 Å². The molecule has 2 aromatic rings. The van der Waals surface area contributed by atoms with Crippen LogP contribution in [0.2, 0.25) is 0 Å². The molecular weight excluding hydrogens is 282 g/mol. The fourth-order valence-corrected chi connectivity index (χ4v) is 3.26. The molecule has 2 N–H and O–H groups in total. The first-order valence-electron chi connectivity index (χ1n) is 7.52. The van der Waals surface area contributed by atoms with Gasteiger partial charge in [-0.15, -0.1) is 0 Å². The van der Waals surface area contributed by atoms with Gasteiger partial charge in [-0.25, -0.2) is 9.50 Å². The van der Waals surface area contributed by atoms with Gasteiger partial charge >= 0.3 is 0 Å². The molecule has 120 valence electrons. The van der Waals surface area contributed by atoms with E-state index >= 15 is 0 Å². The van der Waals surface area contributed by atoms with E-state index in [2.05, 4.69) is 15.0 Å². The van der Waals surface area contributed by atoms with E-state index in [4.69, 9.17) is 0 Å². The number of aromatic amines is 1. The largest absolute Gasteiger partial charge is 0.387 e. The Morgan fingerprint density at radius 2 is 2.23 bits per heavy atom. The van der Waals surface area contributed by atoms with E-state index in [1.165, 1.54) is 4.52 Å². The third-order valence-electron chi connectivity index (χ3n) is 4.04. The van der Waals surface area contributed by atoms with E-state index in [1.807, 2.05) is 32.0 Å². The summed E-state index contributed by atoms with van der Waals surface area (Å²) in [5.74, 6) is 0. The lowest BCUT2D eigenvalue weighted by Gasteiger charge is -2.26. The number of rotatable bonds is 4. The number of likely N-dealkylation sites (tertiary alicyclic amines) is 1. The van der Waals surface area contributed by atoms with E-state index < -0.39 is 5.60 Å². The van der Waals surface area contributed by atoms with Gasteiger partial charge in [0.05, 0.1) is 11.3 Å². The highest BCUT2D eigenvalue weighted by Gasteiger charge is 2.36. The van der Waals surface area contributed by atoms with Crippen molar-refractivity contribution in [3.63, 3.8) is 0 Å². The number of aromatic nitrogens is 3. The quantitative estimate of drug-likeness (QED) is 0.820. The first kappa shape index (κ1) is 15.2. The van der Waals surface area contributed by atoms with Gasteiger partial charge in [0.25, 0.3) is 5.56 Å². The van der Waals surface area contributed by atoms with Crippen LogP contribution >= 0.6 is 0 Å². The van der Waals surface area contributed by atoms with Crippen LogP contribution in [0.3, 0.4) is 0 Å². The maximum atomic E-state index is 12.1. The molecule has 7 nitrogen and oxygen atoms in total. The summed E-state index contributed by atoms with van der Waals surface area (Å²) in [7, 11) is 3.93. The summed E-state index contributed by atoms with van der Waals surface area (Å²) in [4.78, 5) is 20.8. The number of likely N-dealkylation sites (N-methyl/N-ethyl adjacent to an activating group) is 1. The number of hydrogen-bond acceptors (Lipinski definition) is 5. The minimum absolute atomic E-state index is 0.101. The predicted molar refractivity (Wildman–Crippen MR) is 83.9 cm³/mol. The molecule has 3 rings (SSSR count). The Morgan fingerprint density at radius 3 is 2.95 bits per heavy atom. The van der Waals surface area contributed by atoms with Gasteiger partial charge < -0.3 is 10.0 Å². The monoisotopic (exact) mass is 305 g/mol. The van der Waals surface area contributed by atoms with Gasteiger partial charge in [0, 0.05) is 44.0 Å². The standard InChI is InChI=1S/C15H23N5O2/c1-11-6-13-16-12(7-14(21)20(13)17-11)8-19-5-4-15(22,10-19)9-18(2)3/h6-7,17,22H,4-5,8-10H2,1-3H3. The first-order valence-corrected chi connectivity index (χ1v) is 7.52. The van der Waals surface area contributed by atoms with Gasteiger partial charge in [0.15, 0.2) is 5.65 Å². The second-order valence-electron chi connectivity index (χ2n) is 6.64. The molecule has 1 atom stereocenters. The molecule has 7 heteroatoms. The van der Waals surface area contributed by atoms with Crippen molar-refractivity contribution in [3.8, 4) is 0 Å². The Labute approximate surface area is 129 Å². The van der Waals surface area contributed by atoms with Crippen LogP contribution in [0.25, 0.3) is 5.65 Å². The number of hydrogen-bond donors (Lipinski definition) is 2. The van der Waals surface area contributed by atoms with Gasteiger partial charge in [-0.05, 0) is 27.4 Å². The third kappa shape index (κ3) is 3.06. The summed E-state index contributed by atoms with van der Waals surface area (Å²) in [5.41, 5.74) is 1.52. The van der Waals surface area contributed by atoms with Gasteiger partial charge in [-0.1, -0.05) is 0 Å². The molecule has 0 spiro atoms. The average molecular weight is 305 g/mol. The lowest BCUT2D eigenvalue weighted by Crippen LogP contribution is -2.42. The lowest BCUT2D eigenvalue weighted by molar-refractivity contribution is 0.0239. The van der Waals surface area contributed by atoms with Crippen LogP contribution in [0, 0.1) is 6.92 Å². The molecule has 0 aliphatic carbocycles. The maximum Gasteiger partial charge on any atom is 0.272 e. The fourth-order valence-electron chi connectivity index (χ4n) is 3.26. The highest BCUT2D eigenvalue weighted by molar-refractivity contribution is 5.39. The number of aliphatic hydroxyl groups is 1. The molecule has 0 radical (unpaired) electrons. The van der Waals surface area contributed by atoms with Crippen molar-refractivity contribution in [2.75, 3.05) is 33.7 Å². The highest BCUT2D eigenvalue weighted by Crippen LogP contribution is 2.23. The zero-order chi connectivity index (χ0) is 15.9. The summed E-state index contributed by atoms with van der Waals surface area (Å²) >= 11 is 0. The number of aryl methyl sites for hydroxylation is 1. The van der Waals surface area contributed by atoms with Crippen molar-refractivity contribution in [2.24, 2.45) is 0 Å². The summed E-state index contributed by atoms with van der Waals surface area (Å²) in [6.07, 6.45) is 0.746. The number of nitrogens with one attached hydrogen (secondary N) is 1. The third-order valence-corrected chi connectivity index (χ3v) is 4.04. The molecule has 0 aromatic carbocycles. The summed E-state index contributed by atoms with van der Waals surface area (Å²) in [6, 6.07) is 3.42. The average Bonchev–Trinajstić information content (AvgIpc) is 2.92. The zero-order valence-corrected chi connectivity index (χ0v) is 13.3. The van der Waals surface area contributed by atoms with Crippen LogP contribution in [0.1, 0.15) is 17.8 Å². The summed E-state index contributed by atoms with van der Waals surface area (Å²) in [5, 5.41) is 13.5. The molecule has 0 bridgehead atoms. The first-order chi connectivity index (χ1) is 10.3. The smallest absolute Gasteiger partial charge is 0.272 e. The molecule has 22 heavy (non-hydrogen) atoms. The number of nitrogens with zero attached hydrogens (tertiary/aromatic N) is 4. The predicted octanol–water partition coefficient (Wildman–Crippen LogP) is -0.171. The molecule has 1 saturated heterocycles. The Bertz CT molecular complexity index is 735. The van der Waals surface area contributed by atoms with Gasteiger partial charge in [0.1, 0.15) is 0 Å². The van der Waals surface area contributed by atoms with E-state index in [0.29, 0.717) is 25.3 Å². The number of H-pyrrole nitrogens is 1. The summed E-state index contributed by atoms with van der Waals surface area (Å²) in [6.45, 7) is 4.56. The van der Waals surface area contributed by atoms with E-state index in [-0.39, 0.29) is 5.56 Å². The van der Waals surface area contributed by atoms with Crippen LogP contribution < -0.4 is 5.56 Å². The molecule has 1 aliphatic heterocycles. The Hall–Kier alpha value is -1.70. The van der Waals surface area contributed by atoms with E-state index in [0.717, 1.165) is 24.4 Å². The molecule has 3 heterocycles. The second kappa shape index (κ2) is 5.49. The van der Waals surface area contributed by atoms with Crippen LogP contribution in [-0.4, -0.2) is 68.8 Å². The Morgan fingerprint density at radius 1 is 1.45 bits per heavy atom. The van der Waals surface area contributed by atoms with Crippen molar-refractivity contribution in [1.29, 1.82) is 0 Å². The van der Waals surface area contributed by atoms with Crippen LogP contribution in [0.15, 0.2) is 16.9 Å². The maximum absolute atomic E-state index is 12.1. The van der Waals surface area contributed by atoms with Crippen molar-refractivity contribution < 1.29 is 5.11 Å². The Kier molecular flexibility index (Phi) is 3.80. The van der Waals surface area contributed by atoms with Crippen LogP contribution in [0.5, 0.6) is 0 Å². The Balaban J connectivity index is 1.75. The number of β-amino-alcohol motifs (C(OH)–C–C–N with tert-alkyl or cyclic N) is 1. The van der Waals surface area contributed by atoms with Crippen molar-refractivity contribution in [1.82, 2.24) is 24.4 Å². The molecule has 1 unspecified atom stereocenters.